The average Bonchev–Trinajstić information content (AvgIpc) is 2.17. The minimum absolute atomic E-state index is 0.0564. The summed E-state index contributed by atoms with van der Waals surface area (Å²) in [5.41, 5.74) is 0. The van der Waals surface area contributed by atoms with E-state index in [4.69, 9.17) is 0 Å². The van der Waals surface area contributed by atoms with Gasteiger partial charge in [0.25, 0.3) is 0 Å². The molecular weight excluding hydrogens is 120 g/mol. The molecule has 0 saturated heterocycles. The normalized spacial score (nSPS) is 9.44. The van der Waals surface area contributed by atoms with Crippen LogP contribution >= 0.6 is 0 Å². The van der Waals surface area contributed by atoms with E-state index in [9.17, 15) is 4.79 Å². The molecule has 0 aromatic carbocycles. The molecule has 5 heteroatoms. The van der Waals surface area contributed by atoms with Gasteiger partial charge >= 0.3 is 0 Å². The summed E-state index contributed by atoms with van der Waals surface area (Å²) >= 11 is 0. The van der Waals surface area contributed by atoms with E-state index in [1.807, 2.05) is 0 Å². The second kappa shape index (κ2) is 2.34. The maximum atomic E-state index is 9.73. The van der Waals surface area contributed by atoms with Gasteiger partial charge in [-0.2, -0.15) is 4.80 Å². The summed E-state index contributed by atoms with van der Waals surface area (Å²) in [6, 6.07) is 0. The molecule has 1 aromatic heterocycles. The van der Waals surface area contributed by atoms with Crippen LogP contribution in [0.15, 0.2) is 0 Å². The van der Waals surface area contributed by atoms with Gasteiger partial charge in [0.05, 0.1) is 0 Å². The molecule has 0 saturated carbocycles. The first-order chi connectivity index (χ1) is 4.33. The van der Waals surface area contributed by atoms with Crippen molar-refractivity contribution < 1.29 is 4.79 Å². The molecule has 0 amide bonds. The number of aryl methyl sites for hydroxylation is 1. The maximum absolute atomic E-state index is 9.73. The molecule has 5 nitrogen and oxygen atoms in total. The van der Waals surface area contributed by atoms with E-state index in [1.165, 1.54) is 4.80 Å². The number of aromatic nitrogens is 4. The lowest BCUT2D eigenvalue weighted by Gasteiger charge is -1.82. The molecule has 0 N–H and O–H groups in total. The second-order valence-electron chi connectivity index (χ2n) is 1.51. The topological polar surface area (TPSA) is 60.7 Å². The lowest BCUT2D eigenvalue weighted by Crippen LogP contribution is -2.02. The molecule has 0 aliphatic carbocycles. The summed E-state index contributed by atoms with van der Waals surface area (Å²) in [5.74, 6) is 0.560. The Kier molecular flexibility index (Phi) is 1.53. The van der Waals surface area contributed by atoms with Crippen molar-refractivity contribution in [2.24, 2.45) is 0 Å². The number of carbonyl (C=O) groups excluding carboxylic acids is 1. The quantitative estimate of drug-likeness (QED) is 0.513. The molecular formula is C4H5N4O. The number of nitrogens with zero attached hydrogens (tertiary/aromatic N) is 4. The zero-order valence-corrected chi connectivity index (χ0v) is 4.90. The SMILES string of the molecule is Cc1nnn(C[C]=O)n1. The van der Waals surface area contributed by atoms with Gasteiger partial charge in [-0.25, -0.2) is 0 Å². The Morgan fingerprint density at radius 1 is 1.78 bits per heavy atom. The molecule has 47 valence electrons. The fraction of sp³-hybridized carbons (Fsp3) is 0.500. The first-order valence-corrected chi connectivity index (χ1v) is 2.42. The molecule has 1 rings (SSSR count). The second-order valence-corrected chi connectivity index (χ2v) is 1.51. The zero-order valence-electron chi connectivity index (χ0n) is 4.90. The summed E-state index contributed by atoms with van der Waals surface area (Å²) in [6.45, 7) is 1.76. The van der Waals surface area contributed by atoms with Crippen molar-refractivity contribution in [1.29, 1.82) is 0 Å². The molecule has 1 aromatic rings. The van der Waals surface area contributed by atoms with Gasteiger partial charge in [0.15, 0.2) is 5.82 Å². The molecule has 0 bridgehead atoms. The first-order valence-electron chi connectivity index (χ1n) is 2.42. The van der Waals surface area contributed by atoms with Crippen molar-refractivity contribution in [2.45, 2.75) is 13.5 Å². The summed E-state index contributed by atoms with van der Waals surface area (Å²) in [6.07, 6.45) is 1.65. The summed E-state index contributed by atoms with van der Waals surface area (Å²) in [4.78, 5) is 10.9. The van der Waals surface area contributed by atoms with Crippen molar-refractivity contribution in [2.75, 3.05) is 0 Å². The van der Waals surface area contributed by atoms with Gasteiger partial charge in [-0.15, -0.1) is 10.2 Å². The van der Waals surface area contributed by atoms with Gasteiger partial charge in [-0.05, 0) is 12.1 Å². The van der Waals surface area contributed by atoms with E-state index in [1.54, 1.807) is 13.2 Å². The Labute approximate surface area is 51.7 Å². The van der Waals surface area contributed by atoms with Crippen LogP contribution < -0.4 is 0 Å². The van der Waals surface area contributed by atoms with Crippen molar-refractivity contribution in [3.8, 4) is 0 Å². The molecule has 0 unspecified atom stereocenters. The van der Waals surface area contributed by atoms with E-state index in [-0.39, 0.29) is 6.54 Å². The molecule has 0 fully saturated rings. The fourth-order valence-electron chi connectivity index (χ4n) is 0.448. The highest BCUT2D eigenvalue weighted by Crippen LogP contribution is 1.78. The minimum Gasteiger partial charge on any atom is -0.289 e. The number of tetrazole rings is 1. The van der Waals surface area contributed by atoms with Gasteiger partial charge in [-0.3, -0.25) is 4.79 Å². The van der Waals surface area contributed by atoms with Gasteiger partial charge in [0, 0.05) is 0 Å². The van der Waals surface area contributed by atoms with E-state index in [0.717, 1.165) is 0 Å². The molecule has 0 aliphatic rings. The highest BCUT2D eigenvalue weighted by atomic mass is 16.1. The molecule has 1 radical (unpaired) electrons. The number of rotatable bonds is 2. The standard InChI is InChI=1S/C4H5N4O/c1-4-5-7-8(6-4)2-3-9/h2H2,1H3. The van der Waals surface area contributed by atoms with E-state index in [2.05, 4.69) is 15.4 Å². The van der Waals surface area contributed by atoms with Crippen LogP contribution in [0, 0.1) is 6.92 Å². The van der Waals surface area contributed by atoms with Crippen LogP contribution in [0.2, 0.25) is 0 Å². The Balaban J connectivity index is 2.72. The Bertz CT molecular complexity index is 206. The Morgan fingerprint density at radius 3 is 3.00 bits per heavy atom. The predicted octanol–water partition coefficient (Wildman–Crippen LogP) is -0.909. The maximum Gasteiger partial charge on any atom is 0.223 e. The smallest absolute Gasteiger partial charge is 0.223 e. The Morgan fingerprint density at radius 2 is 2.56 bits per heavy atom. The lowest BCUT2D eigenvalue weighted by atomic mass is 10.7. The van der Waals surface area contributed by atoms with Crippen molar-refractivity contribution >= 4 is 6.29 Å². The van der Waals surface area contributed by atoms with Gasteiger partial charge in [0.2, 0.25) is 6.29 Å². The monoisotopic (exact) mass is 125 g/mol. The third-order valence-electron chi connectivity index (χ3n) is 0.759. The fourth-order valence-corrected chi connectivity index (χ4v) is 0.448. The summed E-state index contributed by atoms with van der Waals surface area (Å²) in [7, 11) is 0. The molecule has 0 spiro atoms. The third-order valence-corrected chi connectivity index (χ3v) is 0.759. The summed E-state index contributed by atoms with van der Waals surface area (Å²) in [5, 5.41) is 10.8. The lowest BCUT2D eigenvalue weighted by molar-refractivity contribution is 0.518. The number of hydrogen-bond acceptors (Lipinski definition) is 4. The van der Waals surface area contributed by atoms with Gasteiger partial charge < -0.3 is 0 Å². The van der Waals surface area contributed by atoms with E-state index >= 15 is 0 Å². The minimum atomic E-state index is 0.0564. The van der Waals surface area contributed by atoms with Crippen LogP contribution in [0.5, 0.6) is 0 Å². The van der Waals surface area contributed by atoms with Gasteiger partial charge in [0.1, 0.15) is 6.54 Å². The number of hydrogen-bond donors (Lipinski definition) is 0. The van der Waals surface area contributed by atoms with E-state index < -0.39 is 0 Å². The van der Waals surface area contributed by atoms with Gasteiger partial charge in [-0.1, -0.05) is 0 Å². The van der Waals surface area contributed by atoms with Crippen molar-refractivity contribution in [3.05, 3.63) is 5.82 Å². The van der Waals surface area contributed by atoms with Crippen LogP contribution in [0.1, 0.15) is 5.82 Å². The van der Waals surface area contributed by atoms with Crippen LogP contribution in [-0.2, 0) is 11.3 Å². The molecule has 1 heterocycles. The highest BCUT2D eigenvalue weighted by molar-refractivity contribution is 5.49. The average molecular weight is 125 g/mol. The van der Waals surface area contributed by atoms with Crippen LogP contribution in [0.25, 0.3) is 0 Å². The first kappa shape index (κ1) is 5.87. The van der Waals surface area contributed by atoms with Crippen LogP contribution in [0.3, 0.4) is 0 Å². The molecule has 9 heavy (non-hydrogen) atoms. The molecule has 0 aliphatic heterocycles. The summed E-state index contributed by atoms with van der Waals surface area (Å²) < 4.78 is 0. The Hall–Kier alpha value is -1.26. The largest absolute Gasteiger partial charge is 0.289 e. The zero-order chi connectivity index (χ0) is 6.69. The van der Waals surface area contributed by atoms with E-state index in [0.29, 0.717) is 5.82 Å². The highest BCUT2D eigenvalue weighted by Gasteiger charge is 1.93. The van der Waals surface area contributed by atoms with Crippen molar-refractivity contribution in [3.63, 3.8) is 0 Å². The third kappa shape index (κ3) is 1.31. The predicted molar refractivity (Wildman–Crippen MR) is 28.2 cm³/mol. The van der Waals surface area contributed by atoms with Crippen LogP contribution in [0.4, 0.5) is 0 Å². The van der Waals surface area contributed by atoms with Crippen LogP contribution in [-0.4, -0.2) is 26.5 Å². The molecule has 0 atom stereocenters. The van der Waals surface area contributed by atoms with Crippen molar-refractivity contribution in [1.82, 2.24) is 20.2 Å².